The summed E-state index contributed by atoms with van der Waals surface area (Å²) in [6, 6.07) is 7.30. The molecule has 1 aliphatic rings. The lowest BCUT2D eigenvalue weighted by atomic mass is 9.84. The topological polar surface area (TPSA) is 46.3 Å². The summed E-state index contributed by atoms with van der Waals surface area (Å²) in [7, 11) is 0. The predicted octanol–water partition coefficient (Wildman–Crippen LogP) is 2.53. The Labute approximate surface area is 103 Å². The second-order valence-electron chi connectivity index (χ2n) is 5.58. The lowest BCUT2D eigenvalue weighted by molar-refractivity contribution is 0.0584. The molecule has 92 valence electrons. The van der Waals surface area contributed by atoms with E-state index in [-0.39, 0.29) is 11.3 Å². The fraction of sp³-hybridized carbons (Fsp3) is 0.500. The third-order valence-electron chi connectivity index (χ3n) is 3.38. The van der Waals surface area contributed by atoms with E-state index in [1.165, 1.54) is 6.42 Å². The lowest BCUT2D eigenvalue weighted by Crippen LogP contribution is -2.43. The van der Waals surface area contributed by atoms with Gasteiger partial charge in [-0.2, -0.15) is 0 Å². The SMILES string of the molecule is CC1(C)CCCN(C(=O)c2ccccc2N)C1. The summed E-state index contributed by atoms with van der Waals surface area (Å²) >= 11 is 0. The van der Waals surface area contributed by atoms with Gasteiger partial charge in [-0.1, -0.05) is 26.0 Å². The summed E-state index contributed by atoms with van der Waals surface area (Å²) in [4.78, 5) is 14.3. The molecular weight excluding hydrogens is 212 g/mol. The molecule has 0 unspecified atom stereocenters. The molecular formula is C14H20N2O. The highest BCUT2D eigenvalue weighted by Crippen LogP contribution is 2.29. The first-order valence-electron chi connectivity index (χ1n) is 6.13. The minimum Gasteiger partial charge on any atom is -0.398 e. The van der Waals surface area contributed by atoms with Crippen LogP contribution in [-0.2, 0) is 0 Å². The smallest absolute Gasteiger partial charge is 0.255 e. The van der Waals surface area contributed by atoms with Crippen molar-refractivity contribution >= 4 is 11.6 Å². The van der Waals surface area contributed by atoms with E-state index in [0.717, 1.165) is 19.5 Å². The molecule has 2 N–H and O–H groups in total. The van der Waals surface area contributed by atoms with Gasteiger partial charge in [-0.25, -0.2) is 0 Å². The predicted molar refractivity (Wildman–Crippen MR) is 69.8 cm³/mol. The van der Waals surface area contributed by atoms with Crippen LogP contribution in [0, 0.1) is 5.41 Å². The Morgan fingerprint density at radius 3 is 2.71 bits per heavy atom. The van der Waals surface area contributed by atoms with E-state index in [2.05, 4.69) is 13.8 Å². The van der Waals surface area contributed by atoms with Gasteiger partial charge in [-0.3, -0.25) is 4.79 Å². The van der Waals surface area contributed by atoms with E-state index in [9.17, 15) is 4.79 Å². The molecule has 0 aliphatic carbocycles. The third kappa shape index (κ3) is 2.60. The fourth-order valence-electron chi connectivity index (χ4n) is 2.46. The van der Waals surface area contributed by atoms with Gasteiger partial charge in [0, 0.05) is 18.8 Å². The first kappa shape index (κ1) is 12.0. The van der Waals surface area contributed by atoms with Gasteiger partial charge in [0.05, 0.1) is 5.56 Å². The molecule has 1 saturated heterocycles. The molecule has 0 atom stereocenters. The van der Waals surface area contributed by atoms with Gasteiger partial charge in [0.15, 0.2) is 0 Å². The van der Waals surface area contributed by atoms with Crippen LogP contribution in [-0.4, -0.2) is 23.9 Å². The lowest BCUT2D eigenvalue weighted by Gasteiger charge is -2.38. The van der Waals surface area contributed by atoms with Crippen molar-refractivity contribution in [3.05, 3.63) is 29.8 Å². The average Bonchev–Trinajstić information content (AvgIpc) is 2.27. The molecule has 1 aromatic rings. The zero-order valence-corrected chi connectivity index (χ0v) is 10.6. The monoisotopic (exact) mass is 232 g/mol. The second kappa shape index (κ2) is 4.40. The Kier molecular flexibility index (Phi) is 3.09. The maximum Gasteiger partial charge on any atom is 0.255 e. The van der Waals surface area contributed by atoms with Crippen molar-refractivity contribution < 1.29 is 4.79 Å². The van der Waals surface area contributed by atoms with Crippen LogP contribution in [0.2, 0.25) is 0 Å². The largest absolute Gasteiger partial charge is 0.398 e. The van der Waals surface area contributed by atoms with Crippen LogP contribution in [0.4, 0.5) is 5.69 Å². The number of hydrogen-bond acceptors (Lipinski definition) is 2. The number of anilines is 1. The van der Waals surface area contributed by atoms with Crippen molar-refractivity contribution in [2.45, 2.75) is 26.7 Å². The maximum atomic E-state index is 12.4. The zero-order valence-electron chi connectivity index (χ0n) is 10.6. The molecule has 1 amide bonds. The second-order valence-corrected chi connectivity index (χ2v) is 5.58. The van der Waals surface area contributed by atoms with Crippen molar-refractivity contribution in [1.29, 1.82) is 0 Å². The molecule has 1 aliphatic heterocycles. The number of hydrogen-bond donors (Lipinski definition) is 1. The average molecular weight is 232 g/mol. The number of amides is 1. The van der Waals surface area contributed by atoms with Crippen molar-refractivity contribution in [1.82, 2.24) is 4.90 Å². The number of piperidine rings is 1. The molecule has 0 saturated carbocycles. The Morgan fingerprint density at radius 2 is 2.06 bits per heavy atom. The fourth-order valence-corrected chi connectivity index (χ4v) is 2.46. The summed E-state index contributed by atoms with van der Waals surface area (Å²) in [5.41, 5.74) is 7.27. The van der Waals surface area contributed by atoms with Gasteiger partial charge >= 0.3 is 0 Å². The number of nitrogens with two attached hydrogens (primary N) is 1. The Morgan fingerprint density at radius 1 is 1.35 bits per heavy atom. The molecule has 0 bridgehead atoms. The van der Waals surface area contributed by atoms with Crippen molar-refractivity contribution in [2.24, 2.45) is 5.41 Å². The number of nitrogen functional groups attached to an aromatic ring is 1. The van der Waals surface area contributed by atoms with Crippen molar-refractivity contribution in [3.63, 3.8) is 0 Å². The Bertz CT molecular complexity index is 426. The van der Waals surface area contributed by atoms with E-state index in [4.69, 9.17) is 5.73 Å². The van der Waals surface area contributed by atoms with Gasteiger partial charge in [-0.05, 0) is 30.4 Å². The summed E-state index contributed by atoms with van der Waals surface area (Å²) in [5, 5.41) is 0. The molecule has 3 heteroatoms. The normalized spacial score (nSPS) is 19.1. The summed E-state index contributed by atoms with van der Waals surface area (Å²) in [6.07, 6.45) is 2.26. The number of nitrogens with zero attached hydrogens (tertiary/aromatic N) is 1. The zero-order chi connectivity index (χ0) is 12.5. The van der Waals surface area contributed by atoms with Crippen LogP contribution in [0.5, 0.6) is 0 Å². The molecule has 0 spiro atoms. The Balaban J connectivity index is 2.18. The first-order valence-corrected chi connectivity index (χ1v) is 6.13. The van der Waals surface area contributed by atoms with E-state index in [1.54, 1.807) is 12.1 Å². The van der Waals surface area contributed by atoms with Crippen LogP contribution in [0.15, 0.2) is 24.3 Å². The highest BCUT2D eigenvalue weighted by molar-refractivity contribution is 5.99. The first-order chi connectivity index (χ1) is 7.99. The van der Waals surface area contributed by atoms with Gasteiger partial charge in [0.1, 0.15) is 0 Å². The minimum atomic E-state index is 0.0656. The van der Waals surface area contributed by atoms with E-state index < -0.39 is 0 Å². The molecule has 2 rings (SSSR count). The van der Waals surface area contributed by atoms with Gasteiger partial charge in [-0.15, -0.1) is 0 Å². The highest BCUT2D eigenvalue weighted by Gasteiger charge is 2.29. The number of rotatable bonds is 1. The molecule has 17 heavy (non-hydrogen) atoms. The summed E-state index contributed by atoms with van der Waals surface area (Å²) in [6.45, 7) is 6.08. The minimum absolute atomic E-state index is 0.0656. The molecule has 1 aromatic carbocycles. The van der Waals surface area contributed by atoms with E-state index in [0.29, 0.717) is 11.3 Å². The van der Waals surface area contributed by atoms with E-state index >= 15 is 0 Å². The van der Waals surface area contributed by atoms with Crippen LogP contribution in [0.25, 0.3) is 0 Å². The third-order valence-corrected chi connectivity index (χ3v) is 3.38. The van der Waals surface area contributed by atoms with Crippen LogP contribution < -0.4 is 5.73 Å². The van der Waals surface area contributed by atoms with Crippen LogP contribution in [0.3, 0.4) is 0 Å². The molecule has 0 aromatic heterocycles. The summed E-state index contributed by atoms with van der Waals surface area (Å²) in [5.74, 6) is 0.0656. The standard InChI is InChI=1S/C14H20N2O/c1-14(2)8-5-9-16(10-14)13(17)11-6-3-4-7-12(11)15/h3-4,6-7H,5,8-10,15H2,1-2H3. The molecule has 0 radical (unpaired) electrons. The maximum absolute atomic E-state index is 12.4. The number of benzene rings is 1. The highest BCUT2D eigenvalue weighted by atomic mass is 16.2. The molecule has 1 fully saturated rings. The van der Waals surface area contributed by atoms with Crippen LogP contribution in [0.1, 0.15) is 37.0 Å². The number of likely N-dealkylation sites (tertiary alicyclic amines) is 1. The number of carbonyl (C=O) groups is 1. The van der Waals surface area contributed by atoms with Gasteiger partial charge < -0.3 is 10.6 Å². The summed E-state index contributed by atoms with van der Waals surface area (Å²) < 4.78 is 0. The van der Waals surface area contributed by atoms with Gasteiger partial charge in [0.2, 0.25) is 0 Å². The number of para-hydroxylation sites is 1. The quantitative estimate of drug-likeness (QED) is 0.756. The Hall–Kier alpha value is -1.51. The van der Waals surface area contributed by atoms with E-state index in [1.807, 2.05) is 17.0 Å². The molecule has 1 heterocycles. The molecule has 3 nitrogen and oxygen atoms in total. The van der Waals surface area contributed by atoms with Crippen molar-refractivity contribution in [3.8, 4) is 0 Å². The van der Waals surface area contributed by atoms with Gasteiger partial charge in [0.25, 0.3) is 5.91 Å². The number of carbonyl (C=O) groups excluding carboxylic acids is 1. The van der Waals surface area contributed by atoms with Crippen LogP contribution >= 0.6 is 0 Å². The van der Waals surface area contributed by atoms with Crippen molar-refractivity contribution in [2.75, 3.05) is 18.8 Å².